The van der Waals surface area contributed by atoms with Crippen LogP contribution in [0.25, 0.3) is 11.5 Å². The van der Waals surface area contributed by atoms with Crippen molar-refractivity contribution in [3.05, 3.63) is 52.9 Å². The summed E-state index contributed by atoms with van der Waals surface area (Å²) in [6, 6.07) is 11.6. The van der Waals surface area contributed by atoms with Gasteiger partial charge in [-0.1, -0.05) is 21.1 Å². The van der Waals surface area contributed by atoms with Crippen LogP contribution < -0.4 is 5.73 Å². The molecule has 2 aromatic heterocycles. The molecule has 2 N–H and O–H groups in total. The molecule has 0 radical (unpaired) electrons. The predicted octanol–water partition coefficient (Wildman–Crippen LogP) is 3.77. The minimum Gasteiger partial charge on any atom is -0.384 e. The summed E-state index contributed by atoms with van der Waals surface area (Å²) < 4.78 is 6.30. The molecule has 1 aromatic carbocycles. The third kappa shape index (κ3) is 3.62. The van der Waals surface area contributed by atoms with Gasteiger partial charge in [-0.2, -0.15) is 4.98 Å². The lowest BCUT2D eigenvalue weighted by molar-refractivity contribution is 0.425. The summed E-state index contributed by atoms with van der Waals surface area (Å²) in [5, 5.41) is 3.97. The number of aromatic nitrogens is 3. The fourth-order valence-corrected chi connectivity index (χ4v) is 2.65. The molecule has 3 rings (SSSR count). The molecule has 0 amide bonds. The van der Waals surface area contributed by atoms with E-state index in [0.717, 1.165) is 14.9 Å². The van der Waals surface area contributed by atoms with Crippen molar-refractivity contribution < 1.29 is 4.52 Å². The van der Waals surface area contributed by atoms with Crippen molar-refractivity contribution in [3.63, 3.8) is 0 Å². The first-order valence-electron chi connectivity index (χ1n) is 6.13. The second kappa shape index (κ2) is 6.28. The molecule has 7 heteroatoms. The standard InChI is InChI=1S/C14H11BrN4OS/c15-10-2-4-11(5-3-10)21-8-13-18-14(20-19-13)9-1-6-12(16)17-7-9/h1-7H,8H2,(H2,16,17). The van der Waals surface area contributed by atoms with Crippen LogP contribution >= 0.6 is 27.7 Å². The van der Waals surface area contributed by atoms with Crippen molar-refractivity contribution in [2.45, 2.75) is 10.6 Å². The Morgan fingerprint density at radius 1 is 1.14 bits per heavy atom. The van der Waals surface area contributed by atoms with Gasteiger partial charge in [0.15, 0.2) is 5.82 Å². The summed E-state index contributed by atoms with van der Waals surface area (Å²) in [4.78, 5) is 9.51. The summed E-state index contributed by atoms with van der Waals surface area (Å²) in [6.07, 6.45) is 1.62. The molecule has 0 aliphatic heterocycles. The molecule has 21 heavy (non-hydrogen) atoms. The molecule has 5 nitrogen and oxygen atoms in total. The fraction of sp³-hybridized carbons (Fsp3) is 0.0714. The predicted molar refractivity (Wildman–Crippen MR) is 85.6 cm³/mol. The van der Waals surface area contributed by atoms with Crippen molar-refractivity contribution >= 4 is 33.5 Å². The Morgan fingerprint density at radius 3 is 2.67 bits per heavy atom. The van der Waals surface area contributed by atoms with Crippen molar-refractivity contribution in [2.24, 2.45) is 0 Å². The van der Waals surface area contributed by atoms with Gasteiger partial charge in [0, 0.05) is 15.6 Å². The van der Waals surface area contributed by atoms with E-state index in [1.165, 1.54) is 0 Å². The molecular weight excluding hydrogens is 352 g/mol. The molecule has 0 saturated heterocycles. The summed E-state index contributed by atoms with van der Waals surface area (Å²) in [5.74, 6) is 2.21. The molecule has 0 fully saturated rings. The number of hydrogen-bond acceptors (Lipinski definition) is 6. The summed E-state index contributed by atoms with van der Waals surface area (Å²) in [6.45, 7) is 0. The molecule has 0 bridgehead atoms. The third-order valence-electron chi connectivity index (χ3n) is 2.68. The average Bonchev–Trinajstić information content (AvgIpc) is 2.96. The van der Waals surface area contributed by atoms with Crippen LogP contribution in [0.2, 0.25) is 0 Å². The molecule has 0 unspecified atom stereocenters. The van der Waals surface area contributed by atoms with Crippen LogP contribution in [0.1, 0.15) is 5.82 Å². The van der Waals surface area contributed by atoms with E-state index in [0.29, 0.717) is 23.3 Å². The lowest BCUT2D eigenvalue weighted by Gasteiger charge is -1.98. The molecular formula is C14H11BrN4OS. The Kier molecular flexibility index (Phi) is 4.21. The van der Waals surface area contributed by atoms with Gasteiger partial charge >= 0.3 is 0 Å². The largest absolute Gasteiger partial charge is 0.384 e. The highest BCUT2D eigenvalue weighted by atomic mass is 79.9. The fourth-order valence-electron chi connectivity index (χ4n) is 1.64. The lowest BCUT2D eigenvalue weighted by Crippen LogP contribution is -1.89. The number of nitrogens with two attached hydrogens (primary N) is 1. The maximum absolute atomic E-state index is 5.55. The van der Waals surface area contributed by atoms with Crippen LogP contribution in [0.5, 0.6) is 0 Å². The zero-order chi connectivity index (χ0) is 14.7. The smallest absolute Gasteiger partial charge is 0.259 e. The van der Waals surface area contributed by atoms with Gasteiger partial charge in [0.05, 0.1) is 11.3 Å². The number of hydrogen-bond donors (Lipinski definition) is 1. The summed E-state index contributed by atoms with van der Waals surface area (Å²) in [5.41, 5.74) is 6.31. The molecule has 0 atom stereocenters. The molecule has 0 saturated carbocycles. The van der Waals surface area contributed by atoms with Crippen LogP contribution in [0.4, 0.5) is 5.82 Å². The maximum atomic E-state index is 5.55. The van der Waals surface area contributed by atoms with E-state index >= 15 is 0 Å². The van der Waals surface area contributed by atoms with Gasteiger partial charge in [0.2, 0.25) is 0 Å². The lowest BCUT2D eigenvalue weighted by atomic mass is 10.3. The average molecular weight is 363 g/mol. The summed E-state index contributed by atoms with van der Waals surface area (Å²) in [7, 11) is 0. The number of halogens is 1. The minimum atomic E-state index is 0.453. The van der Waals surface area contributed by atoms with Crippen molar-refractivity contribution in [1.82, 2.24) is 15.1 Å². The van der Waals surface area contributed by atoms with E-state index in [-0.39, 0.29) is 0 Å². The maximum Gasteiger partial charge on any atom is 0.259 e. The number of nitrogens with zero attached hydrogens (tertiary/aromatic N) is 3. The third-order valence-corrected chi connectivity index (χ3v) is 4.22. The normalized spacial score (nSPS) is 10.7. The van der Waals surface area contributed by atoms with Gasteiger partial charge < -0.3 is 10.3 Å². The molecule has 0 aliphatic carbocycles. The van der Waals surface area contributed by atoms with Crippen molar-refractivity contribution in [1.29, 1.82) is 0 Å². The molecule has 0 aliphatic rings. The number of rotatable bonds is 4. The van der Waals surface area contributed by atoms with Gasteiger partial charge in [0.1, 0.15) is 5.82 Å². The second-order valence-corrected chi connectivity index (χ2v) is 6.19. The Hall–Kier alpha value is -1.86. The number of pyridine rings is 1. The number of benzene rings is 1. The molecule has 2 heterocycles. The van der Waals surface area contributed by atoms with Crippen LogP contribution in [0.15, 0.2) is 56.5 Å². The summed E-state index contributed by atoms with van der Waals surface area (Å²) >= 11 is 5.06. The number of thioether (sulfide) groups is 1. The highest BCUT2D eigenvalue weighted by Gasteiger charge is 2.09. The van der Waals surface area contributed by atoms with E-state index < -0.39 is 0 Å². The molecule has 106 valence electrons. The van der Waals surface area contributed by atoms with E-state index in [9.17, 15) is 0 Å². The Morgan fingerprint density at radius 2 is 1.95 bits per heavy atom. The van der Waals surface area contributed by atoms with Crippen molar-refractivity contribution in [3.8, 4) is 11.5 Å². The quantitative estimate of drug-likeness (QED) is 0.711. The van der Waals surface area contributed by atoms with Gasteiger partial charge in [-0.05, 0) is 36.4 Å². The Balaban J connectivity index is 1.67. The SMILES string of the molecule is Nc1ccc(-c2nc(CSc3ccc(Br)cc3)no2)cn1. The zero-order valence-electron chi connectivity index (χ0n) is 10.9. The highest BCUT2D eigenvalue weighted by molar-refractivity contribution is 9.10. The minimum absolute atomic E-state index is 0.453. The zero-order valence-corrected chi connectivity index (χ0v) is 13.3. The molecule has 3 aromatic rings. The van der Waals surface area contributed by atoms with E-state index in [1.807, 2.05) is 30.3 Å². The van der Waals surface area contributed by atoms with E-state index in [4.69, 9.17) is 10.3 Å². The van der Waals surface area contributed by atoms with Crippen LogP contribution in [-0.4, -0.2) is 15.1 Å². The highest BCUT2D eigenvalue weighted by Crippen LogP contribution is 2.24. The van der Waals surface area contributed by atoms with E-state index in [2.05, 4.69) is 31.1 Å². The topological polar surface area (TPSA) is 77.8 Å². The van der Waals surface area contributed by atoms with Crippen LogP contribution in [0, 0.1) is 0 Å². The van der Waals surface area contributed by atoms with Crippen LogP contribution in [-0.2, 0) is 5.75 Å². The van der Waals surface area contributed by atoms with Crippen LogP contribution in [0.3, 0.4) is 0 Å². The second-order valence-electron chi connectivity index (χ2n) is 4.23. The van der Waals surface area contributed by atoms with Gasteiger partial charge in [0.25, 0.3) is 5.89 Å². The first kappa shape index (κ1) is 14.1. The first-order chi connectivity index (χ1) is 10.2. The monoisotopic (exact) mass is 362 g/mol. The first-order valence-corrected chi connectivity index (χ1v) is 7.91. The van der Waals surface area contributed by atoms with Gasteiger partial charge in [-0.3, -0.25) is 0 Å². The number of nitrogen functional groups attached to an aromatic ring is 1. The van der Waals surface area contributed by atoms with Crippen molar-refractivity contribution in [2.75, 3.05) is 5.73 Å². The Bertz CT molecular complexity index is 727. The molecule has 0 spiro atoms. The van der Waals surface area contributed by atoms with Gasteiger partial charge in [-0.15, -0.1) is 11.8 Å². The van der Waals surface area contributed by atoms with E-state index in [1.54, 1.807) is 24.0 Å². The number of anilines is 1. The Labute approximate surface area is 134 Å². The van der Waals surface area contributed by atoms with Gasteiger partial charge in [-0.25, -0.2) is 4.98 Å².